The molecule has 5 heteroatoms. The van der Waals surface area contributed by atoms with Crippen LogP contribution in [0.1, 0.15) is 5.56 Å². The highest BCUT2D eigenvalue weighted by Gasteiger charge is 2.04. The molecule has 3 aromatic rings. The van der Waals surface area contributed by atoms with Crippen LogP contribution in [-0.2, 0) is 6.54 Å². The Hall–Kier alpha value is -2.56. The van der Waals surface area contributed by atoms with Gasteiger partial charge < -0.3 is 14.5 Å². The molecule has 0 aliphatic carbocycles. The van der Waals surface area contributed by atoms with Gasteiger partial charge in [0.05, 0.1) is 7.11 Å². The highest BCUT2D eigenvalue weighted by atomic mass is 16.5. The van der Waals surface area contributed by atoms with E-state index in [9.17, 15) is 0 Å². The molecule has 1 aromatic carbocycles. The molecule has 0 aliphatic rings. The average molecular weight is 255 g/mol. The van der Waals surface area contributed by atoms with Gasteiger partial charge in [0.15, 0.2) is 5.58 Å². The summed E-state index contributed by atoms with van der Waals surface area (Å²) in [4.78, 5) is 8.40. The molecule has 0 fully saturated rings. The first-order valence-electron chi connectivity index (χ1n) is 5.93. The quantitative estimate of drug-likeness (QED) is 0.776. The number of nitrogens with zero attached hydrogens (tertiary/aromatic N) is 2. The summed E-state index contributed by atoms with van der Waals surface area (Å²) >= 11 is 0. The molecular weight excluding hydrogens is 242 g/mol. The summed E-state index contributed by atoms with van der Waals surface area (Å²) in [5.74, 6) is 0.594. The van der Waals surface area contributed by atoms with Crippen LogP contribution in [0.2, 0.25) is 0 Å². The van der Waals surface area contributed by atoms with Crippen molar-refractivity contribution >= 4 is 17.1 Å². The maximum atomic E-state index is 5.58. The number of nitrogens with one attached hydrogen (secondary N) is 1. The molecule has 0 aliphatic heterocycles. The molecule has 3 rings (SSSR count). The molecule has 2 aromatic heterocycles. The predicted octanol–water partition coefficient (Wildman–Crippen LogP) is 2.84. The van der Waals surface area contributed by atoms with Crippen molar-refractivity contribution in [2.75, 3.05) is 12.4 Å². The number of benzene rings is 1. The molecule has 1 N–H and O–H groups in total. The number of fused-ring (bicyclic) bond motifs is 1. The van der Waals surface area contributed by atoms with Crippen LogP contribution in [0.15, 0.2) is 47.0 Å². The third-order valence-electron chi connectivity index (χ3n) is 2.75. The maximum Gasteiger partial charge on any atom is 0.295 e. The summed E-state index contributed by atoms with van der Waals surface area (Å²) in [5.41, 5.74) is 2.67. The van der Waals surface area contributed by atoms with Crippen molar-refractivity contribution in [1.82, 2.24) is 9.97 Å². The van der Waals surface area contributed by atoms with E-state index in [1.165, 1.54) is 0 Å². The number of para-hydroxylation sites is 2. The van der Waals surface area contributed by atoms with Crippen LogP contribution in [0.4, 0.5) is 6.01 Å². The molecule has 0 saturated heterocycles. The normalized spacial score (nSPS) is 10.6. The second-order valence-electron chi connectivity index (χ2n) is 4.05. The zero-order valence-corrected chi connectivity index (χ0v) is 10.5. The molecule has 0 amide bonds. The van der Waals surface area contributed by atoms with Gasteiger partial charge in [0, 0.05) is 18.8 Å². The van der Waals surface area contributed by atoms with Gasteiger partial charge in [0.1, 0.15) is 5.52 Å². The molecule has 0 spiro atoms. The van der Waals surface area contributed by atoms with E-state index < -0.39 is 0 Å². The van der Waals surface area contributed by atoms with E-state index in [0.717, 1.165) is 16.7 Å². The number of aromatic nitrogens is 2. The number of rotatable bonds is 4. The van der Waals surface area contributed by atoms with E-state index in [2.05, 4.69) is 15.3 Å². The second-order valence-corrected chi connectivity index (χ2v) is 4.05. The highest BCUT2D eigenvalue weighted by Crippen LogP contribution is 2.19. The number of pyridine rings is 1. The Morgan fingerprint density at radius 3 is 3.00 bits per heavy atom. The summed E-state index contributed by atoms with van der Waals surface area (Å²) in [7, 11) is 1.60. The first-order chi connectivity index (χ1) is 9.35. The molecule has 0 bridgehead atoms. The molecule has 0 atom stereocenters. The summed E-state index contributed by atoms with van der Waals surface area (Å²) in [6.45, 7) is 0.603. The molecule has 5 nitrogen and oxygen atoms in total. The Labute approximate surface area is 110 Å². The van der Waals surface area contributed by atoms with Crippen LogP contribution in [0.3, 0.4) is 0 Å². The molecular formula is C14H13N3O2. The Balaban J connectivity index is 1.74. The van der Waals surface area contributed by atoms with Crippen molar-refractivity contribution in [3.05, 3.63) is 48.2 Å². The van der Waals surface area contributed by atoms with Crippen molar-refractivity contribution in [3.8, 4) is 5.88 Å². The molecule has 19 heavy (non-hydrogen) atoms. The summed E-state index contributed by atoms with van der Waals surface area (Å²) < 4.78 is 10.7. The first kappa shape index (κ1) is 11.5. The van der Waals surface area contributed by atoms with Gasteiger partial charge in [-0.05, 0) is 23.8 Å². The topological polar surface area (TPSA) is 60.2 Å². The van der Waals surface area contributed by atoms with E-state index in [0.29, 0.717) is 18.4 Å². The van der Waals surface area contributed by atoms with E-state index in [1.807, 2.05) is 36.4 Å². The van der Waals surface area contributed by atoms with Crippen molar-refractivity contribution in [2.45, 2.75) is 6.54 Å². The van der Waals surface area contributed by atoms with Gasteiger partial charge in [0.25, 0.3) is 6.01 Å². The second kappa shape index (κ2) is 4.97. The predicted molar refractivity (Wildman–Crippen MR) is 72.1 cm³/mol. The van der Waals surface area contributed by atoms with Crippen LogP contribution < -0.4 is 10.1 Å². The van der Waals surface area contributed by atoms with Crippen molar-refractivity contribution in [2.24, 2.45) is 0 Å². The minimum Gasteiger partial charge on any atom is -0.481 e. The number of ether oxygens (including phenoxy) is 1. The van der Waals surface area contributed by atoms with Crippen LogP contribution in [0.25, 0.3) is 11.1 Å². The minimum atomic E-state index is 0.511. The third kappa shape index (κ3) is 2.49. The SMILES string of the molecule is COc1cc(CNc2nc3ccccc3o2)ccn1. The number of methoxy groups -OCH3 is 1. The smallest absolute Gasteiger partial charge is 0.295 e. The average Bonchev–Trinajstić information content (AvgIpc) is 2.88. The van der Waals surface area contributed by atoms with Gasteiger partial charge in [0.2, 0.25) is 5.88 Å². The lowest BCUT2D eigenvalue weighted by Crippen LogP contribution is -2.00. The first-order valence-corrected chi connectivity index (χ1v) is 5.93. The van der Waals surface area contributed by atoms with Crippen molar-refractivity contribution in [3.63, 3.8) is 0 Å². The standard InChI is InChI=1S/C14H13N3O2/c1-18-13-8-10(6-7-15-13)9-16-14-17-11-4-2-3-5-12(11)19-14/h2-8H,9H2,1H3,(H,16,17). The third-order valence-corrected chi connectivity index (χ3v) is 2.75. The molecule has 2 heterocycles. The van der Waals surface area contributed by atoms with Gasteiger partial charge in [-0.3, -0.25) is 0 Å². The zero-order valence-electron chi connectivity index (χ0n) is 10.5. The monoisotopic (exact) mass is 255 g/mol. The van der Waals surface area contributed by atoms with Gasteiger partial charge in [-0.2, -0.15) is 4.98 Å². The van der Waals surface area contributed by atoms with Gasteiger partial charge in [-0.15, -0.1) is 0 Å². The molecule has 0 saturated carbocycles. The number of anilines is 1. The van der Waals surface area contributed by atoms with Crippen LogP contribution in [0, 0.1) is 0 Å². The van der Waals surface area contributed by atoms with Crippen molar-refractivity contribution in [1.29, 1.82) is 0 Å². The van der Waals surface area contributed by atoms with Gasteiger partial charge in [-0.25, -0.2) is 4.98 Å². The van der Waals surface area contributed by atoms with Crippen molar-refractivity contribution < 1.29 is 9.15 Å². The Morgan fingerprint density at radius 1 is 1.26 bits per heavy atom. The lowest BCUT2D eigenvalue weighted by molar-refractivity contribution is 0.397. The van der Waals surface area contributed by atoms with Gasteiger partial charge >= 0.3 is 0 Å². The lowest BCUT2D eigenvalue weighted by atomic mass is 10.2. The van der Waals surface area contributed by atoms with Crippen LogP contribution >= 0.6 is 0 Å². The van der Waals surface area contributed by atoms with Crippen LogP contribution in [-0.4, -0.2) is 17.1 Å². The lowest BCUT2D eigenvalue weighted by Gasteiger charge is -2.03. The van der Waals surface area contributed by atoms with E-state index in [4.69, 9.17) is 9.15 Å². The van der Waals surface area contributed by atoms with Gasteiger partial charge in [-0.1, -0.05) is 12.1 Å². The Kier molecular flexibility index (Phi) is 3.02. The van der Waals surface area contributed by atoms with E-state index in [-0.39, 0.29) is 0 Å². The Bertz CT molecular complexity index is 661. The summed E-state index contributed by atoms with van der Waals surface area (Å²) in [5, 5.41) is 3.14. The largest absolute Gasteiger partial charge is 0.481 e. The molecule has 96 valence electrons. The fourth-order valence-corrected chi connectivity index (χ4v) is 1.80. The van der Waals surface area contributed by atoms with E-state index in [1.54, 1.807) is 13.3 Å². The number of hydrogen-bond donors (Lipinski definition) is 1. The fourth-order valence-electron chi connectivity index (χ4n) is 1.80. The minimum absolute atomic E-state index is 0.511. The summed E-state index contributed by atoms with van der Waals surface area (Å²) in [6.07, 6.45) is 1.71. The molecule has 0 radical (unpaired) electrons. The van der Waals surface area contributed by atoms with Crippen LogP contribution in [0.5, 0.6) is 5.88 Å². The highest BCUT2D eigenvalue weighted by molar-refractivity contribution is 5.74. The zero-order chi connectivity index (χ0) is 13.1. The number of oxazole rings is 1. The Morgan fingerprint density at radius 2 is 2.16 bits per heavy atom. The summed E-state index contributed by atoms with van der Waals surface area (Å²) in [6, 6.07) is 12.0. The van der Waals surface area contributed by atoms with E-state index >= 15 is 0 Å². The maximum absolute atomic E-state index is 5.58. The fraction of sp³-hybridized carbons (Fsp3) is 0.143. The number of hydrogen-bond acceptors (Lipinski definition) is 5. The molecule has 0 unspecified atom stereocenters.